The number of unbranched alkanes of at least 4 members (excludes halogenated alkanes) is 9. The fraction of sp³-hybridized carbons (Fsp3) is 1.00. The molecule has 0 bridgehead atoms. The molecule has 0 aromatic heterocycles. The molecule has 0 spiro atoms. The van der Waals surface area contributed by atoms with Crippen LogP contribution < -0.4 is 5.73 Å². The van der Waals surface area contributed by atoms with Crippen molar-refractivity contribution in [2.75, 3.05) is 6.54 Å². The van der Waals surface area contributed by atoms with E-state index in [1.165, 1.54) is 57.8 Å². The Morgan fingerprint density at radius 3 is 1.71 bits per heavy atom. The Morgan fingerprint density at radius 1 is 0.765 bits per heavy atom. The van der Waals surface area contributed by atoms with E-state index in [1.54, 1.807) is 0 Å². The lowest BCUT2D eigenvalue weighted by Crippen LogP contribution is -2.12. The maximum Gasteiger partial charge on any atom is 0.0552 e. The minimum absolute atomic E-state index is 0.158. The molecule has 0 saturated carbocycles. The first-order valence-electron chi connectivity index (χ1n) is 7.69. The van der Waals surface area contributed by atoms with Crippen LogP contribution in [0.2, 0.25) is 0 Å². The lowest BCUT2D eigenvalue weighted by Gasteiger charge is -2.08. The van der Waals surface area contributed by atoms with Gasteiger partial charge in [-0.05, 0) is 19.4 Å². The number of aliphatic hydroxyl groups is 1. The maximum absolute atomic E-state index is 9.49. The van der Waals surface area contributed by atoms with Crippen molar-refractivity contribution in [2.45, 2.75) is 90.1 Å². The first-order valence-corrected chi connectivity index (χ1v) is 7.69. The molecule has 0 aromatic carbocycles. The number of hydrogen-bond acceptors (Lipinski definition) is 2. The van der Waals surface area contributed by atoms with Crippen LogP contribution in [0.1, 0.15) is 84.0 Å². The second kappa shape index (κ2) is 14.0. The fourth-order valence-corrected chi connectivity index (χ4v) is 2.20. The second-order valence-electron chi connectivity index (χ2n) is 5.20. The van der Waals surface area contributed by atoms with Crippen molar-refractivity contribution in [3.05, 3.63) is 0 Å². The van der Waals surface area contributed by atoms with Crippen LogP contribution in [0.3, 0.4) is 0 Å². The van der Waals surface area contributed by atoms with Crippen molar-refractivity contribution in [3.8, 4) is 0 Å². The molecular weight excluding hydrogens is 210 g/mol. The summed E-state index contributed by atoms with van der Waals surface area (Å²) in [6, 6.07) is 0. The first-order chi connectivity index (χ1) is 8.31. The lowest BCUT2D eigenvalue weighted by molar-refractivity contribution is 0.153. The second-order valence-corrected chi connectivity index (χ2v) is 5.20. The van der Waals surface area contributed by atoms with Crippen molar-refractivity contribution in [3.63, 3.8) is 0 Å². The van der Waals surface area contributed by atoms with Crippen LogP contribution in [0, 0.1) is 0 Å². The summed E-state index contributed by atoms with van der Waals surface area (Å²) in [5, 5.41) is 9.49. The molecule has 0 aliphatic rings. The molecule has 1 atom stereocenters. The van der Waals surface area contributed by atoms with Crippen molar-refractivity contribution in [2.24, 2.45) is 5.73 Å². The Morgan fingerprint density at radius 2 is 1.24 bits per heavy atom. The zero-order valence-electron chi connectivity index (χ0n) is 11.8. The molecule has 0 aliphatic heterocycles. The highest BCUT2D eigenvalue weighted by Crippen LogP contribution is 2.12. The molecule has 0 rings (SSSR count). The molecule has 0 heterocycles. The van der Waals surface area contributed by atoms with Gasteiger partial charge in [0.1, 0.15) is 0 Å². The quantitative estimate of drug-likeness (QED) is 0.480. The third-order valence-corrected chi connectivity index (χ3v) is 3.39. The Bertz CT molecular complexity index is 139. The van der Waals surface area contributed by atoms with Crippen LogP contribution in [0.5, 0.6) is 0 Å². The highest BCUT2D eigenvalue weighted by atomic mass is 16.3. The smallest absolute Gasteiger partial charge is 0.0552 e. The van der Waals surface area contributed by atoms with Crippen LogP contribution in [-0.4, -0.2) is 17.8 Å². The van der Waals surface area contributed by atoms with Crippen LogP contribution in [-0.2, 0) is 0 Å². The van der Waals surface area contributed by atoms with Gasteiger partial charge in [-0.1, -0.05) is 71.1 Å². The summed E-state index contributed by atoms with van der Waals surface area (Å²) >= 11 is 0. The largest absolute Gasteiger partial charge is 0.393 e. The third-order valence-electron chi connectivity index (χ3n) is 3.39. The van der Waals surface area contributed by atoms with Gasteiger partial charge in [-0.25, -0.2) is 0 Å². The molecule has 1 unspecified atom stereocenters. The van der Waals surface area contributed by atoms with Gasteiger partial charge < -0.3 is 10.8 Å². The highest BCUT2D eigenvalue weighted by molar-refractivity contribution is 4.56. The predicted molar refractivity (Wildman–Crippen MR) is 76.1 cm³/mol. The van der Waals surface area contributed by atoms with Crippen LogP contribution in [0.15, 0.2) is 0 Å². The summed E-state index contributed by atoms with van der Waals surface area (Å²) in [7, 11) is 0. The minimum Gasteiger partial charge on any atom is -0.393 e. The zero-order valence-corrected chi connectivity index (χ0v) is 11.8. The molecule has 0 amide bonds. The van der Waals surface area contributed by atoms with Gasteiger partial charge in [-0.2, -0.15) is 0 Å². The molecule has 2 nitrogen and oxygen atoms in total. The van der Waals surface area contributed by atoms with Gasteiger partial charge in [0.2, 0.25) is 0 Å². The van der Waals surface area contributed by atoms with Gasteiger partial charge in [-0.15, -0.1) is 0 Å². The molecular formula is C15H33NO. The molecule has 0 aliphatic carbocycles. The Hall–Kier alpha value is -0.0800. The molecule has 0 radical (unpaired) electrons. The van der Waals surface area contributed by atoms with Crippen molar-refractivity contribution < 1.29 is 5.11 Å². The topological polar surface area (TPSA) is 46.2 Å². The van der Waals surface area contributed by atoms with E-state index < -0.39 is 0 Å². The number of aliphatic hydroxyl groups excluding tert-OH is 1. The molecule has 104 valence electrons. The van der Waals surface area contributed by atoms with Gasteiger partial charge in [0.25, 0.3) is 0 Å². The van der Waals surface area contributed by atoms with E-state index in [9.17, 15) is 5.11 Å². The number of hydrogen-bond donors (Lipinski definition) is 2. The van der Waals surface area contributed by atoms with Crippen molar-refractivity contribution >= 4 is 0 Å². The lowest BCUT2D eigenvalue weighted by atomic mass is 10.0. The summed E-state index contributed by atoms with van der Waals surface area (Å²) in [4.78, 5) is 0. The van der Waals surface area contributed by atoms with Crippen molar-refractivity contribution in [1.82, 2.24) is 0 Å². The average Bonchev–Trinajstić information content (AvgIpc) is 2.32. The summed E-state index contributed by atoms with van der Waals surface area (Å²) in [5.41, 5.74) is 5.39. The van der Waals surface area contributed by atoms with E-state index >= 15 is 0 Å². The Labute approximate surface area is 108 Å². The Balaban J connectivity index is 2.98. The molecule has 2 heteroatoms. The fourth-order valence-electron chi connectivity index (χ4n) is 2.20. The van der Waals surface area contributed by atoms with Gasteiger partial charge in [0.05, 0.1) is 6.10 Å². The van der Waals surface area contributed by atoms with Crippen LogP contribution in [0.25, 0.3) is 0 Å². The van der Waals surface area contributed by atoms with Crippen LogP contribution in [0.4, 0.5) is 0 Å². The summed E-state index contributed by atoms with van der Waals surface area (Å²) in [5.74, 6) is 0. The molecule has 0 fully saturated rings. The summed E-state index contributed by atoms with van der Waals surface area (Å²) in [6.07, 6.45) is 15.1. The SMILES string of the molecule is CCCCCCCCCCCCC(O)CCN. The van der Waals surface area contributed by atoms with E-state index in [0.29, 0.717) is 6.54 Å². The maximum atomic E-state index is 9.49. The van der Waals surface area contributed by atoms with E-state index in [4.69, 9.17) is 5.73 Å². The zero-order chi connectivity index (χ0) is 12.8. The molecule has 3 N–H and O–H groups in total. The van der Waals surface area contributed by atoms with Gasteiger partial charge in [0, 0.05) is 0 Å². The summed E-state index contributed by atoms with van der Waals surface area (Å²) in [6.45, 7) is 2.87. The average molecular weight is 243 g/mol. The normalized spacial score (nSPS) is 12.9. The monoisotopic (exact) mass is 243 g/mol. The molecule has 17 heavy (non-hydrogen) atoms. The van der Waals surface area contributed by atoms with E-state index in [0.717, 1.165) is 19.3 Å². The standard InChI is InChI=1S/C15H33NO/c1-2-3-4-5-6-7-8-9-10-11-12-15(17)13-14-16/h15,17H,2-14,16H2,1H3. The van der Waals surface area contributed by atoms with Crippen LogP contribution >= 0.6 is 0 Å². The Kier molecular flexibility index (Phi) is 13.9. The highest BCUT2D eigenvalue weighted by Gasteiger charge is 2.01. The van der Waals surface area contributed by atoms with Crippen molar-refractivity contribution in [1.29, 1.82) is 0 Å². The first kappa shape index (κ1) is 16.9. The number of rotatable bonds is 13. The molecule has 0 saturated heterocycles. The predicted octanol–water partition coefficient (Wildman–Crippen LogP) is 4.01. The summed E-state index contributed by atoms with van der Waals surface area (Å²) < 4.78 is 0. The minimum atomic E-state index is -0.158. The third kappa shape index (κ3) is 13.9. The number of nitrogens with two attached hydrogens (primary N) is 1. The van der Waals surface area contributed by atoms with E-state index in [2.05, 4.69) is 6.92 Å². The van der Waals surface area contributed by atoms with E-state index in [1.807, 2.05) is 0 Å². The van der Waals surface area contributed by atoms with Gasteiger partial charge in [-0.3, -0.25) is 0 Å². The van der Waals surface area contributed by atoms with Gasteiger partial charge >= 0.3 is 0 Å². The van der Waals surface area contributed by atoms with Gasteiger partial charge in [0.15, 0.2) is 0 Å². The van der Waals surface area contributed by atoms with E-state index in [-0.39, 0.29) is 6.10 Å². The molecule has 0 aromatic rings.